The van der Waals surface area contributed by atoms with E-state index >= 15 is 0 Å². The molecule has 0 radical (unpaired) electrons. The van der Waals surface area contributed by atoms with E-state index in [0.29, 0.717) is 18.5 Å². The predicted octanol–water partition coefficient (Wildman–Crippen LogP) is 1.30. The average Bonchev–Trinajstić information content (AvgIpc) is 2.47. The molecule has 1 aliphatic rings. The summed E-state index contributed by atoms with van der Waals surface area (Å²) in [6.45, 7) is 0.251. The zero-order valence-corrected chi connectivity index (χ0v) is 12.4. The maximum atomic E-state index is 12.9. The second-order valence-corrected chi connectivity index (χ2v) is 6.95. The molecule has 1 heterocycles. The van der Waals surface area contributed by atoms with Crippen LogP contribution in [-0.2, 0) is 15.0 Å². The summed E-state index contributed by atoms with van der Waals surface area (Å²) < 4.78 is 40.1. The second-order valence-electron chi connectivity index (χ2n) is 4.99. The molecule has 2 rings (SSSR count). The number of halogens is 1. The molecule has 1 aromatic rings. The third-order valence-electron chi connectivity index (χ3n) is 3.60. The fourth-order valence-electron chi connectivity index (χ4n) is 2.31. The fourth-order valence-corrected chi connectivity index (χ4v) is 3.77. The van der Waals surface area contributed by atoms with E-state index in [1.807, 2.05) is 0 Å². The molecule has 116 valence electrons. The average molecular weight is 316 g/mol. The summed E-state index contributed by atoms with van der Waals surface area (Å²) >= 11 is 0. The number of piperidine rings is 1. The maximum Gasteiger partial charge on any atom is 0.307 e. The molecule has 1 saturated heterocycles. The Morgan fingerprint density at radius 1 is 1.38 bits per heavy atom. The molecule has 1 N–H and O–H groups in total. The largest absolute Gasteiger partial charge is 0.481 e. The van der Waals surface area contributed by atoms with Crippen LogP contribution in [0.2, 0.25) is 0 Å². The maximum absolute atomic E-state index is 12.9. The van der Waals surface area contributed by atoms with Crippen molar-refractivity contribution >= 4 is 21.9 Å². The minimum absolute atomic E-state index is 0.0385. The number of aliphatic carboxylic acids is 1. The van der Waals surface area contributed by atoms with Crippen molar-refractivity contribution in [2.45, 2.75) is 12.8 Å². The Morgan fingerprint density at radius 3 is 2.57 bits per heavy atom. The van der Waals surface area contributed by atoms with E-state index in [1.165, 1.54) is 35.6 Å². The molecule has 1 aliphatic heterocycles. The van der Waals surface area contributed by atoms with Gasteiger partial charge in [0.1, 0.15) is 5.82 Å². The van der Waals surface area contributed by atoms with Crippen LogP contribution in [0.3, 0.4) is 0 Å². The number of hydrogen-bond acceptors (Lipinski definition) is 3. The van der Waals surface area contributed by atoms with Crippen LogP contribution in [0.5, 0.6) is 0 Å². The first-order valence-corrected chi connectivity index (χ1v) is 7.94. The van der Waals surface area contributed by atoms with Crippen LogP contribution in [-0.4, -0.2) is 43.9 Å². The van der Waals surface area contributed by atoms with Crippen LogP contribution >= 0.6 is 0 Å². The summed E-state index contributed by atoms with van der Waals surface area (Å²) in [5, 5.41) is 9.03. The van der Waals surface area contributed by atoms with Crippen molar-refractivity contribution in [1.29, 1.82) is 0 Å². The Bertz CT molecular complexity index is 618. The van der Waals surface area contributed by atoms with Gasteiger partial charge in [-0.3, -0.25) is 9.10 Å². The minimum Gasteiger partial charge on any atom is -0.481 e. The van der Waals surface area contributed by atoms with Gasteiger partial charge in [-0.25, -0.2) is 4.39 Å². The van der Waals surface area contributed by atoms with Crippen LogP contribution in [0.4, 0.5) is 10.1 Å². The van der Waals surface area contributed by atoms with Gasteiger partial charge in [0.25, 0.3) is 0 Å². The summed E-state index contributed by atoms with van der Waals surface area (Å²) in [5.74, 6) is -2.12. The van der Waals surface area contributed by atoms with E-state index in [1.54, 1.807) is 0 Å². The second kappa shape index (κ2) is 5.98. The smallest absolute Gasteiger partial charge is 0.307 e. The third-order valence-corrected chi connectivity index (χ3v) is 5.48. The molecule has 1 aromatic carbocycles. The van der Waals surface area contributed by atoms with E-state index in [0.717, 1.165) is 4.31 Å². The lowest BCUT2D eigenvalue weighted by molar-refractivity contribution is -0.142. The standard InChI is InChI=1S/C13H17FN2O4S/c1-15(12-6-4-11(14)5-7-12)21(19,20)16-8-2-3-10(9-16)13(17)18/h4-7,10H,2-3,8-9H2,1H3,(H,17,18). The Labute approximate surface area is 123 Å². The monoisotopic (exact) mass is 316 g/mol. The fraction of sp³-hybridized carbons (Fsp3) is 0.462. The highest BCUT2D eigenvalue weighted by Crippen LogP contribution is 2.24. The summed E-state index contributed by atoms with van der Waals surface area (Å²) in [5.41, 5.74) is 0.328. The summed E-state index contributed by atoms with van der Waals surface area (Å²) in [6.07, 6.45) is 0.981. The van der Waals surface area contributed by atoms with Crippen molar-refractivity contribution in [2.75, 3.05) is 24.4 Å². The van der Waals surface area contributed by atoms with Gasteiger partial charge in [0.05, 0.1) is 11.6 Å². The van der Waals surface area contributed by atoms with Crippen LogP contribution in [0.1, 0.15) is 12.8 Å². The highest BCUT2D eigenvalue weighted by molar-refractivity contribution is 7.90. The van der Waals surface area contributed by atoms with Gasteiger partial charge in [0, 0.05) is 20.1 Å². The van der Waals surface area contributed by atoms with Gasteiger partial charge in [-0.15, -0.1) is 0 Å². The Hall–Kier alpha value is -1.67. The van der Waals surface area contributed by atoms with Gasteiger partial charge < -0.3 is 5.11 Å². The third kappa shape index (κ3) is 3.33. The summed E-state index contributed by atoms with van der Waals surface area (Å²) in [6, 6.07) is 5.09. The van der Waals surface area contributed by atoms with E-state index < -0.39 is 27.9 Å². The quantitative estimate of drug-likeness (QED) is 0.908. The van der Waals surface area contributed by atoms with Crippen molar-refractivity contribution in [2.24, 2.45) is 5.92 Å². The van der Waals surface area contributed by atoms with Gasteiger partial charge in [0.15, 0.2) is 0 Å². The van der Waals surface area contributed by atoms with Crippen LogP contribution < -0.4 is 4.31 Å². The van der Waals surface area contributed by atoms with Gasteiger partial charge in [0.2, 0.25) is 0 Å². The zero-order chi connectivity index (χ0) is 15.6. The Kier molecular flexibility index (Phi) is 4.48. The summed E-state index contributed by atoms with van der Waals surface area (Å²) in [7, 11) is -2.45. The molecule has 1 fully saturated rings. The SMILES string of the molecule is CN(c1ccc(F)cc1)S(=O)(=O)N1CCCC(C(=O)O)C1. The predicted molar refractivity (Wildman–Crippen MR) is 75.7 cm³/mol. The molecule has 0 aliphatic carbocycles. The molecular formula is C13H17FN2O4S. The van der Waals surface area contributed by atoms with Crippen molar-refractivity contribution < 1.29 is 22.7 Å². The van der Waals surface area contributed by atoms with Gasteiger partial charge >= 0.3 is 16.2 Å². The molecule has 0 bridgehead atoms. The van der Waals surface area contributed by atoms with Crippen molar-refractivity contribution in [3.8, 4) is 0 Å². The van der Waals surface area contributed by atoms with Gasteiger partial charge in [-0.05, 0) is 37.1 Å². The first-order valence-electron chi connectivity index (χ1n) is 6.55. The lowest BCUT2D eigenvalue weighted by Crippen LogP contribution is -2.48. The number of nitrogens with zero attached hydrogens (tertiary/aromatic N) is 2. The molecule has 8 heteroatoms. The normalized spacial score (nSPS) is 20.2. The number of benzene rings is 1. The minimum atomic E-state index is -3.81. The van der Waals surface area contributed by atoms with Gasteiger partial charge in [-0.2, -0.15) is 12.7 Å². The topological polar surface area (TPSA) is 77.9 Å². The molecule has 1 unspecified atom stereocenters. The number of anilines is 1. The molecule has 0 amide bonds. The van der Waals surface area contributed by atoms with Gasteiger partial charge in [-0.1, -0.05) is 0 Å². The first kappa shape index (κ1) is 15.7. The number of rotatable bonds is 4. The Morgan fingerprint density at radius 2 is 2.00 bits per heavy atom. The number of hydrogen-bond donors (Lipinski definition) is 1. The molecule has 0 spiro atoms. The molecule has 0 aromatic heterocycles. The molecule has 6 nitrogen and oxygen atoms in total. The molecular weight excluding hydrogens is 299 g/mol. The highest BCUT2D eigenvalue weighted by atomic mass is 32.2. The Balaban J connectivity index is 2.20. The molecule has 1 atom stereocenters. The lowest BCUT2D eigenvalue weighted by Gasteiger charge is -2.33. The number of carboxylic acid groups (broad SMARTS) is 1. The molecule has 21 heavy (non-hydrogen) atoms. The van der Waals surface area contributed by atoms with E-state index in [9.17, 15) is 17.6 Å². The van der Waals surface area contributed by atoms with Crippen LogP contribution in [0.15, 0.2) is 24.3 Å². The summed E-state index contributed by atoms with van der Waals surface area (Å²) in [4.78, 5) is 11.0. The first-order chi connectivity index (χ1) is 9.82. The van der Waals surface area contributed by atoms with E-state index in [-0.39, 0.29) is 13.1 Å². The number of carbonyl (C=O) groups is 1. The van der Waals surface area contributed by atoms with E-state index in [2.05, 4.69) is 0 Å². The van der Waals surface area contributed by atoms with Crippen LogP contribution in [0.25, 0.3) is 0 Å². The van der Waals surface area contributed by atoms with E-state index in [4.69, 9.17) is 5.11 Å². The highest BCUT2D eigenvalue weighted by Gasteiger charge is 2.34. The van der Waals surface area contributed by atoms with Crippen molar-refractivity contribution in [3.63, 3.8) is 0 Å². The van der Waals surface area contributed by atoms with Crippen molar-refractivity contribution in [1.82, 2.24) is 4.31 Å². The number of carboxylic acids is 1. The lowest BCUT2D eigenvalue weighted by atomic mass is 10.0. The zero-order valence-electron chi connectivity index (χ0n) is 11.6. The van der Waals surface area contributed by atoms with Crippen molar-refractivity contribution in [3.05, 3.63) is 30.1 Å². The molecule has 0 saturated carbocycles. The van der Waals surface area contributed by atoms with Crippen LogP contribution in [0, 0.1) is 11.7 Å².